The van der Waals surface area contributed by atoms with Crippen LogP contribution in [0.1, 0.15) is 39.4 Å². The Bertz CT molecular complexity index is 1560. The van der Waals surface area contributed by atoms with Crippen molar-refractivity contribution in [2.75, 3.05) is 0 Å². The van der Waals surface area contributed by atoms with Gasteiger partial charge in [0.2, 0.25) is 0 Å². The molecule has 6 rings (SSSR count). The topological polar surface area (TPSA) is 73.0 Å². The van der Waals surface area contributed by atoms with Gasteiger partial charge in [-0.05, 0) is 61.1 Å². The Balaban J connectivity index is 1.25. The predicted octanol–water partition coefficient (Wildman–Crippen LogP) is 4.91. The molecule has 5 aromatic rings. The number of hydrogen-bond donors (Lipinski definition) is 1. The highest BCUT2D eigenvalue weighted by Gasteiger charge is 2.25. The molecular weight excluding hydrogens is 444 g/mol. The van der Waals surface area contributed by atoms with Crippen molar-refractivity contribution in [3.05, 3.63) is 92.2 Å². The van der Waals surface area contributed by atoms with Crippen LogP contribution in [0.25, 0.3) is 21.0 Å². The molecule has 1 N–H and O–H groups in total. The summed E-state index contributed by atoms with van der Waals surface area (Å²) >= 11 is 1.67. The standard InChI is InChI=1S/C27H26N4O2S/c1-16-23(17(2)33-30-16)13-28-21-9-10-22-24(12-21)34-26-25(22)27(32)31(15-29-26)14-18-7-8-19-5-3-4-6-20(19)11-18/h3-8,11,15,21,28H,9-10,12-14H2,1-2H3. The monoisotopic (exact) mass is 470 g/mol. The average molecular weight is 471 g/mol. The third kappa shape index (κ3) is 3.75. The minimum absolute atomic E-state index is 0.0674. The van der Waals surface area contributed by atoms with Crippen molar-refractivity contribution in [2.45, 2.75) is 52.2 Å². The van der Waals surface area contributed by atoms with Crippen molar-refractivity contribution in [2.24, 2.45) is 0 Å². The number of aryl methyl sites for hydroxylation is 3. The Hall–Kier alpha value is -3.29. The van der Waals surface area contributed by atoms with Gasteiger partial charge in [-0.2, -0.15) is 0 Å². The van der Waals surface area contributed by atoms with E-state index in [-0.39, 0.29) is 5.56 Å². The van der Waals surface area contributed by atoms with Gasteiger partial charge in [-0.1, -0.05) is 41.6 Å². The highest BCUT2D eigenvalue weighted by molar-refractivity contribution is 7.18. The lowest BCUT2D eigenvalue weighted by Crippen LogP contribution is -2.34. The van der Waals surface area contributed by atoms with E-state index in [1.807, 2.05) is 26.0 Å². The summed E-state index contributed by atoms with van der Waals surface area (Å²) in [5.74, 6) is 0.875. The molecule has 34 heavy (non-hydrogen) atoms. The van der Waals surface area contributed by atoms with Crippen LogP contribution >= 0.6 is 11.3 Å². The molecule has 172 valence electrons. The van der Waals surface area contributed by atoms with Crippen LogP contribution in [0.3, 0.4) is 0 Å². The summed E-state index contributed by atoms with van der Waals surface area (Å²) in [6, 6.07) is 15.0. The molecule has 0 fully saturated rings. The van der Waals surface area contributed by atoms with E-state index in [0.717, 1.165) is 58.6 Å². The van der Waals surface area contributed by atoms with Crippen LogP contribution in [-0.2, 0) is 25.9 Å². The van der Waals surface area contributed by atoms with Gasteiger partial charge in [0, 0.05) is 23.0 Å². The maximum atomic E-state index is 13.5. The van der Waals surface area contributed by atoms with E-state index in [0.29, 0.717) is 12.6 Å². The van der Waals surface area contributed by atoms with Gasteiger partial charge in [0.15, 0.2) is 0 Å². The smallest absolute Gasteiger partial charge is 0.262 e. The second-order valence-electron chi connectivity index (χ2n) is 9.17. The summed E-state index contributed by atoms with van der Waals surface area (Å²) in [4.78, 5) is 20.3. The highest BCUT2D eigenvalue weighted by atomic mass is 32.1. The van der Waals surface area contributed by atoms with Crippen LogP contribution < -0.4 is 10.9 Å². The summed E-state index contributed by atoms with van der Waals surface area (Å²) in [5, 5.41) is 10.9. The molecule has 1 atom stereocenters. The fourth-order valence-electron chi connectivity index (χ4n) is 5.02. The third-order valence-electron chi connectivity index (χ3n) is 6.95. The normalized spacial score (nSPS) is 15.8. The molecule has 0 amide bonds. The molecule has 7 heteroatoms. The molecule has 0 aliphatic heterocycles. The van der Waals surface area contributed by atoms with E-state index in [4.69, 9.17) is 4.52 Å². The van der Waals surface area contributed by atoms with Crippen LogP contribution in [0, 0.1) is 13.8 Å². The molecule has 3 heterocycles. The largest absolute Gasteiger partial charge is 0.361 e. The van der Waals surface area contributed by atoms with Crippen LogP contribution in [-0.4, -0.2) is 20.7 Å². The first-order valence-electron chi connectivity index (χ1n) is 11.7. The van der Waals surface area contributed by atoms with Crippen molar-refractivity contribution in [3.63, 3.8) is 0 Å². The molecule has 1 unspecified atom stereocenters. The van der Waals surface area contributed by atoms with E-state index in [2.05, 4.69) is 45.8 Å². The lowest BCUT2D eigenvalue weighted by Gasteiger charge is -2.23. The number of benzene rings is 2. The van der Waals surface area contributed by atoms with Crippen molar-refractivity contribution >= 4 is 32.3 Å². The Morgan fingerprint density at radius 2 is 2.03 bits per heavy atom. The zero-order chi connectivity index (χ0) is 23.2. The predicted molar refractivity (Wildman–Crippen MR) is 136 cm³/mol. The van der Waals surface area contributed by atoms with Crippen LogP contribution in [0.2, 0.25) is 0 Å². The molecule has 0 bridgehead atoms. The number of rotatable bonds is 5. The lowest BCUT2D eigenvalue weighted by molar-refractivity contribution is 0.390. The van der Waals surface area contributed by atoms with E-state index in [1.54, 1.807) is 22.2 Å². The molecule has 0 saturated heterocycles. The number of thiophene rings is 1. The minimum Gasteiger partial charge on any atom is -0.361 e. The summed E-state index contributed by atoms with van der Waals surface area (Å²) < 4.78 is 7.04. The van der Waals surface area contributed by atoms with Crippen LogP contribution in [0.5, 0.6) is 0 Å². The minimum atomic E-state index is 0.0674. The maximum Gasteiger partial charge on any atom is 0.262 e. The molecule has 6 nitrogen and oxygen atoms in total. The fourth-order valence-corrected chi connectivity index (χ4v) is 6.28. The van der Waals surface area contributed by atoms with Gasteiger partial charge in [-0.25, -0.2) is 4.98 Å². The third-order valence-corrected chi connectivity index (χ3v) is 8.11. The maximum absolute atomic E-state index is 13.5. The Morgan fingerprint density at radius 3 is 2.85 bits per heavy atom. The van der Waals surface area contributed by atoms with Gasteiger partial charge in [0.25, 0.3) is 5.56 Å². The van der Waals surface area contributed by atoms with Gasteiger partial charge in [0.1, 0.15) is 10.6 Å². The van der Waals surface area contributed by atoms with E-state index in [9.17, 15) is 4.79 Å². The Morgan fingerprint density at radius 1 is 1.18 bits per heavy atom. The zero-order valence-electron chi connectivity index (χ0n) is 19.3. The van der Waals surface area contributed by atoms with Crippen molar-refractivity contribution in [1.29, 1.82) is 0 Å². The second kappa shape index (κ2) is 8.49. The van der Waals surface area contributed by atoms with Gasteiger partial charge >= 0.3 is 0 Å². The molecule has 0 saturated carbocycles. The van der Waals surface area contributed by atoms with Gasteiger partial charge in [-0.3, -0.25) is 9.36 Å². The molecule has 1 aliphatic carbocycles. The first-order valence-corrected chi connectivity index (χ1v) is 12.5. The molecule has 3 aromatic heterocycles. The summed E-state index contributed by atoms with van der Waals surface area (Å²) in [6.45, 7) is 5.21. The van der Waals surface area contributed by atoms with Crippen molar-refractivity contribution in [1.82, 2.24) is 20.0 Å². The number of aromatic nitrogens is 3. The molecule has 2 aromatic carbocycles. The molecule has 0 spiro atoms. The van der Waals surface area contributed by atoms with Crippen LogP contribution in [0.4, 0.5) is 0 Å². The quantitative estimate of drug-likeness (QED) is 0.395. The lowest BCUT2D eigenvalue weighted by atomic mass is 9.93. The second-order valence-corrected chi connectivity index (χ2v) is 10.3. The van der Waals surface area contributed by atoms with Crippen molar-refractivity contribution in [3.8, 4) is 0 Å². The highest BCUT2D eigenvalue weighted by Crippen LogP contribution is 2.34. The number of nitrogens with one attached hydrogen (secondary N) is 1. The zero-order valence-corrected chi connectivity index (χ0v) is 20.1. The summed E-state index contributed by atoms with van der Waals surface area (Å²) in [7, 11) is 0. The van der Waals surface area contributed by atoms with E-state index >= 15 is 0 Å². The van der Waals surface area contributed by atoms with E-state index in [1.165, 1.54) is 21.2 Å². The summed E-state index contributed by atoms with van der Waals surface area (Å²) in [6.07, 6.45) is 4.52. The molecular formula is C27H26N4O2S. The fraction of sp³-hybridized carbons (Fsp3) is 0.296. The van der Waals surface area contributed by atoms with Gasteiger partial charge < -0.3 is 9.84 Å². The number of fused-ring (bicyclic) bond motifs is 4. The average Bonchev–Trinajstić information content (AvgIpc) is 3.38. The van der Waals surface area contributed by atoms with Gasteiger partial charge in [-0.15, -0.1) is 11.3 Å². The molecule has 0 radical (unpaired) electrons. The van der Waals surface area contributed by atoms with Crippen LogP contribution in [0.15, 0.2) is 58.1 Å². The van der Waals surface area contributed by atoms with Crippen molar-refractivity contribution < 1.29 is 4.52 Å². The molecule has 1 aliphatic rings. The first kappa shape index (κ1) is 21.3. The SMILES string of the molecule is Cc1noc(C)c1CNC1CCc2c(sc3ncn(Cc4ccc5ccccc5c4)c(=O)c23)C1. The summed E-state index contributed by atoms with van der Waals surface area (Å²) in [5.41, 5.74) is 4.45. The van der Waals surface area contributed by atoms with E-state index < -0.39 is 0 Å². The van der Waals surface area contributed by atoms with Gasteiger partial charge in [0.05, 0.1) is 24.0 Å². The number of nitrogens with zero attached hydrogens (tertiary/aromatic N) is 3. The first-order chi connectivity index (χ1) is 16.6. The number of hydrogen-bond acceptors (Lipinski definition) is 6. The Kier molecular flexibility index (Phi) is 5.31. The Labute approximate surface area is 201 Å².